The van der Waals surface area contributed by atoms with Crippen molar-refractivity contribution in [2.45, 2.75) is 19.4 Å². The van der Waals surface area contributed by atoms with Crippen LogP contribution in [0, 0.1) is 12.7 Å². The van der Waals surface area contributed by atoms with Crippen LogP contribution in [0.4, 0.5) is 4.39 Å². The van der Waals surface area contributed by atoms with Crippen molar-refractivity contribution in [3.05, 3.63) is 69.4 Å². The minimum absolute atomic E-state index is 0.179. The second kappa shape index (κ2) is 5.63. The van der Waals surface area contributed by atoms with E-state index in [0.717, 1.165) is 10.0 Å². The fourth-order valence-electron chi connectivity index (χ4n) is 1.86. The standard InChI is InChI=1S/C15H15BrFN/c1-10-2-4-11(5-3-10)15(18)8-12-6-7-13(16)9-14(12)17/h2-7,9,15H,8,18H2,1H3. The highest BCUT2D eigenvalue weighted by molar-refractivity contribution is 9.10. The quantitative estimate of drug-likeness (QED) is 0.906. The van der Waals surface area contributed by atoms with E-state index in [4.69, 9.17) is 5.73 Å². The summed E-state index contributed by atoms with van der Waals surface area (Å²) in [6, 6.07) is 12.9. The Hall–Kier alpha value is -1.19. The number of rotatable bonds is 3. The van der Waals surface area contributed by atoms with Crippen LogP contribution in [0.5, 0.6) is 0 Å². The van der Waals surface area contributed by atoms with Crippen LogP contribution < -0.4 is 5.73 Å². The summed E-state index contributed by atoms with van der Waals surface area (Å²) >= 11 is 3.24. The van der Waals surface area contributed by atoms with Gasteiger partial charge < -0.3 is 5.73 Å². The lowest BCUT2D eigenvalue weighted by Crippen LogP contribution is -2.14. The monoisotopic (exact) mass is 307 g/mol. The minimum Gasteiger partial charge on any atom is -0.324 e. The Balaban J connectivity index is 2.15. The Morgan fingerprint density at radius 3 is 2.44 bits per heavy atom. The summed E-state index contributed by atoms with van der Waals surface area (Å²) in [4.78, 5) is 0. The summed E-state index contributed by atoms with van der Waals surface area (Å²) in [5.74, 6) is -0.216. The van der Waals surface area contributed by atoms with Gasteiger partial charge >= 0.3 is 0 Å². The smallest absolute Gasteiger partial charge is 0.127 e. The number of nitrogens with two attached hydrogens (primary N) is 1. The van der Waals surface area contributed by atoms with Gasteiger partial charge in [0.25, 0.3) is 0 Å². The van der Waals surface area contributed by atoms with Gasteiger partial charge in [-0.15, -0.1) is 0 Å². The van der Waals surface area contributed by atoms with Gasteiger partial charge in [-0.3, -0.25) is 0 Å². The van der Waals surface area contributed by atoms with Gasteiger partial charge in [0.15, 0.2) is 0 Å². The van der Waals surface area contributed by atoms with Crippen molar-refractivity contribution in [1.82, 2.24) is 0 Å². The third-order valence-corrected chi connectivity index (χ3v) is 3.45. The first-order chi connectivity index (χ1) is 8.56. The number of hydrogen-bond donors (Lipinski definition) is 1. The van der Waals surface area contributed by atoms with Crippen molar-refractivity contribution in [1.29, 1.82) is 0 Å². The third-order valence-electron chi connectivity index (χ3n) is 2.96. The Kier molecular flexibility index (Phi) is 4.15. The number of benzene rings is 2. The highest BCUT2D eigenvalue weighted by Gasteiger charge is 2.10. The van der Waals surface area contributed by atoms with E-state index in [9.17, 15) is 4.39 Å². The number of halogens is 2. The predicted molar refractivity (Wildman–Crippen MR) is 75.9 cm³/mol. The molecule has 0 amide bonds. The number of hydrogen-bond acceptors (Lipinski definition) is 1. The first-order valence-corrected chi connectivity index (χ1v) is 6.61. The molecule has 0 fully saturated rings. The van der Waals surface area contributed by atoms with Crippen molar-refractivity contribution < 1.29 is 4.39 Å². The van der Waals surface area contributed by atoms with Crippen LogP contribution in [0.3, 0.4) is 0 Å². The molecule has 2 aromatic rings. The zero-order valence-corrected chi connectivity index (χ0v) is 11.7. The molecular weight excluding hydrogens is 293 g/mol. The SMILES string of the molecule is Cc1ccc(C(N)Cc2ccc(Br)cc2F)cc1. The molecule has 1 atom stereocenters. The Bertz CT molecular complexity index is 537. The molecule has 94 valence electrons. The fraction of sp³-hybridized carbons (Fsp3) is 0.200. The first kappa shape index (κ1) is 13.2. The van der Waals surface area contributed by atoms with Gasteiger partial charge in [-0.2, -0.15) is 0 Å². The first-order valence-electron chi connectivity index (χ1n) is 5.82. The molecule has 0 aliphatic carbocycles. The average molecular weight is 308 g/mol. The molecule has 0 aliphatic heterocycles. The predicted octanol–water partition coefficient (Wildman–Crippen LogP) is 4.14. The van der Waals surface area contributed by atoms with Crippen molar-refractivity contribution >= 4 is 15.9 Å². The van der Waals surface area contributed by atoms with Crippen LogP contribution in [-0.2, 0) is 6.42 Å². The molecule has 0 heterocycles. The summed E-state index contributed by atoms with van der Waals surface area (Å²) < 4.78 is 14.4. The van der Waals surface area contributed by atoms with Crippen molar-refractivity contribution in [2.24, 2.45) is 5.73 Å². The molecule has 0 aromatic heterocycles. The lowest BCUT2D eigenvalue weighted by molar-refractivity contribution is 0.592. The second-order valence-electron chi connectivity index (χ2n) is 4.46. The van der Waals surface area contributed by atoms with Crippen LogP contribution in [0.2, 0.25) is 0 Å². The van der Waals surface area contributed by atoms with E-state index in [-0.39, 0.29) is 11.9 Å². The van der Waals surface area contributed by atoms with Crippen molar-refractivity contribution in [3.63, 3.8) is 0 Å². The topological polar surface area (TPSA) is 26.0 Å². The molecule has 0 saturated heterocycles. The summed E-state index contributed by atoms with van der Waals surface area (Å²) in [5, 5.41) is 0. The maximum Gasteiger partial charge on any atom is 0.127 e. The van der Waals surface area contributed by atoms with E-state index >= 15 is 0 Å². The summed E-state index contributed by atoms with van der Waals surface area (Å²) in [6.45, 7) is 2.03. The van der Waals surface area contributed by atoms with E-state index in [1.165, 1.54) is 11.6 Å². The largest absolute Gasteiger partial charge is 0.324 e. The van der Waals surface area contributed by atoms with Gasteiger partial charge in [0.1, 0.15) is 5.82 Å². The average Bonchev–Trinajstić information content (AvgIpc) is 2.33. The van der Waals surface area contributed by atoms with E-state index in [1.807, 2.05) is 37.3 Å². The third kappa shape index (κ3) is 3.18. The van der Waals surface area contributed by atoms with Crippen LogP contribution in [0.15, 0.2) is 46.9 Å². The summed E-state index contributed by atoms with van der Waals surface area (Å²) in [6.07, 6.45) is 0.502. The van der Waals surface area contributed by atoms with Gasteiger partial charge in [-0.1, -0.05) is 51.8 Å². The molecule has 1 nitrogen and oxygen atoms in total. The molecule has 2 N–H and O–H groups in total. The molecule has 0 aliphatic rings. The zero-order chi connectivity index (χ0) is 13.1. The Labute approximate surface area is 115 Å². The molecule has 3 heteroatoms. The van der Waals surface area contributed by atoms with Crippen molar-refractivity contribution in [3.8, 4) is 0 Å². The maximum absolute atomic E-state index is 13.7. The second-order valence-corrected chi connectivity index (χ2v) is 5.37. The van der Waals surface area contributed by atoms with Gasteiger partial charge in [-0.25, -0.2) is 4.39 Å². The Morgan fingerprint density at radius 1 is 1.17 bits per heavy atom. The lowest BCUT2D eigenvalue weighted by Gasteiger charge is -2.13. The van der Waals surface area contributed by atoms with Crippen LogP contribution in [0.1, 0.15) is 22.7 Å². The molecule has 0 spiro atoms. The lowest BCUT2D eigenvalue weighted by atomic mass is 9.98. The summed E-state index contributed by atoms with van der Waals surface area (Å²) in [5.41, 5.74) is 8.98. The molecule has 2 rings (SSSR count). The summed E-state index contributed by atoms with van der Waals surface area (Å²) in [7, 11) is 0. The molecule has 0 radical (unpaired) electrons. The minimum atomic E-state index is -0.216. The molecule has 1 unspecified atom stereocenters. The Morgan fingerprint density at radius 2 is 1.83 bits per heavy atom. The van der Waals surface area contributed by atoms with Crippen LogP contribution >= 0.6 is 15.9 Å². The molecule has 0 saturated carbocycles. The molecule has 2 aromatic carbocycles. The van der Waals surface area contributed by atoms with Crippen LogP contribution in [0.25, 0.3) is 0 Å². The van der Waals surface area contributed by atoms with E-state index in [2.05, 4.69) is 15.9 Å². The highest BCUT2D eigenvalue weighted by atomic mass is 79.9. The molecule has 0 bridgehead atoms. The normalized spacial score (nSPS) is 12.4. The van der Waals surface area contributed by atoms with E-state index in [0.29, 0.717) is 12.0 Å². The van der Waals surface area contributed by atoms with Gasteiger partial charge in [0, 0.05) is 10.5 Å². The molecular formula is C15H15BrFN. The van der Waals surface area contributed by atoms with Gasteiger partial charge in [0.2, 0.25) is 0 Å². The zero-order valence-electron chi connectivity index (χ0n) is 10.2. The fourth-order valence-corrected chi connectivity index (χ4v) is 2.19. The van der Waals surface area contributed by atoms with E-state index < -0.39 is 0 Å². The van der Waals surface area contributed by atoms with Gasteiger partial charge in [0.05, 0.1) is 0 Å². The van der Waals surface area contributed by atoms with Crippen LogP contribution in [-0.4, -0.2) is 0 Å². The van der Waals surface area contributed by atoms with E-state index in [1.54, 1.807) is 6.07 Å². The maximum atomic E-state index is 13.7. The highest BCUT2D eigenvalue weighted by Crippen LogP contribution is 2.21. The molecule has 18 heavy (non-hydrogen) atoms. The van der Waals surface area contributed by atoms with Gasteiger partial charge in [-0.05, 0) is 36.6 Å². The number of aryl methyl sites for hydroxylation is 1. The van der Waals surface area contributed by atoms with Crippen molar-refractivity contribution in [2.75, 3.05) is 0 Å².